The number of hydrogen-bond donors (Lipinski definition) is 1. The van der Waals surface area contributed by atoms with Crippen molar-refractivity contribution < 1.29 is 9.59 Å². The van der Waals surface area contributed by atoms with Crippen molar-refractivity contribution in [2.75, 3.05) is 4.90 Å². The Morgan fingerprint density at radius 3 is 2.42 bits per heavy atom. The normalized spacial score (nSPS) is 14.8. The molecule has 1 aromatic heterocycles. The number of carbonyl (C=O) groups excluding carboxylic acids is 2. The third-order valence-electron chi connectivity index (χ3n) is 6.15. The molecule has 33 heavy (non-hydrogen) atoms. The lowest BCUT2D eigenvalue weighted by Crippen LogP contribution is -2.46. The van der Waals surface area contributed by atoms with Gasteiger partial charge in [0.1, 0.15) is 6.04 Å². The van der Waals surface area contributed by atoms with Crippen molar-refractivity contribution in [3.63, 3.8) is 0 Å². The van der Waals surface area contributed by atoms with Gasteiger partial charge in [-0.1, -0.05) is 84.1 Å². The Morgan fingerprint density at radius 1 is 0.939 bits per heavy atom. The minimum Gasteiger partial charge on any atom is -0.351 e. The topological polar surface area (TPSA) is 75.2 Å². The van der Waals surface area contributed by atoms with Crippen molar-refractivity contribution in [2.45, 2.75) is 37.8 Å². The molecular weight excluding hydrogens is 432 g/mol. The molecule has 0 aliphatic heterocycles. The molecule has 0 unspecified atom stereocenters. The van der Waals surface area contributed by atoms with Crippen LogP contribution in [0.4, 0.5) is 5.69 Å². The number of fused-ring (bicyclic) bond motifs is 1. The molecular formula is C26H24N4O2S. The van der Waals surface area contributed by atoms with Crippen LogP contribution in [-0.2, 0) is 4.79 Å². The van der Waals surface area contributed by atoms with Crippen LogP contribution in [0.3, 0.4) is 0 Å². The standard InChI is InChI=1S/C26H24N4O2S/c31-25(27-20-13-5-6-14-20)24(19-10-2-1-3-11-19)30(26(32)22-17-33-29-28-22)23-16-8-12-18-9-4-7-15-21(18)23/h1-4,7-12,15-17,20,24H,5-6,13-14H2,(H,27,31)/t24-/m0/s1. The van der Waals surface area contributed by atoms with Gasteiger partial charge < -0.3 is 5.32 Å². The maximum Gasteiger partial charge on any atom is 0.280 e. The molecule has 166 valence electrons. The molecule has 5 rings (SSSR count). The summed E-state index contributed by atoms with van der Waals surface area (Å²) in [6.45, 7) is 0. The van der Waals surface area contributed by atoms with Crippen LogP contribution in [0.15, 0.2) is 78.2 Å². The molecule has 0 saturated heterocycles. The van der Waals surface area contributed by atoms with Gasteiger partial charge in [-0.25, -0.2) is 0 Å². The van der Waals surface area contributed by atoms with Crippen molar-refractivity contribution in [3.8, 4) is 0 Å². The zero-order valence-corrected chi connectivity index (χ0v) is 18.9. The predicted molar refractivity (Wildman–Crippen MR) is 130 cm³/mol. The summed E-state index contributed by atoms with van der Waals surface area (Å²) in [5, 5.41) is 10.7. The summed E-state index contributed by atoms with van der Waals surface area (Å²) in [7, 11) is 0. The molecule has 0 spiro atoms. The fraction of sp³-hybridized carbons (Fsp3) is 0.231. The molecule has 1 atom stereocenters. The number of hydrogen-bond acceptors (Lipinski definition) is 5. The zero-order valence-electron chi connectivity index (χ0n) is 18.1. The van der Waals surface area contributed by atoms with E-state index in [9.17, 15) is 9.59 Å². The summed E-state index contributed by atoms with van der Waals surface area (Å²) in [6, 6.07) is 22.4. The molecule has 2 amide bonds. The number of aromatic nitrogens is 2. The van der Waals surface area contributed by atoms with E-state index in [2.05, 4.69) is 14.9 Å². The lowest BCUT2D eigenvalue weighted by Gasteiger charge is -2.32. The Labute approximate surface area is 196 Å². The van der Waals surface area contributed by atoms with E-state index < -0.39 is 6.04 Å². The molecule has 7 heteroatoms. The maximum absolute atomic E-state index is 13.9. The van der Waals surface area contributed by atoms with Gasteiger partial charge in [-0.05, 0) is 41.4 Å². The van der Waals surface area contributed by atoms with E-state index in [4.69, 9.17) is 0 Å². The second-order valence-corrected chi connectivity index (χ2v) is 8.88. The van der Waals surface area contributed by atoms with Gasteiger partial charge in [0.25, 0.3) is 5.91 Å². The largest absolute Gasteiger partial charge is 0.351 e. The van der Waals surface area contributed by atoms with Crippen LogP contribution in [0.25, 0.3) is 10.8 Å². The Kier molecular flexibility index (Phi) is 6.13. The van der Waals surface area contributed by atoms with E-state index >= 15 is 0 Å². The molecule has 1 aliphatic rings. The smallest absolute Gasteiger partial charge is 0.280 e. The lowest BCUT2D eigenvalue weighted by molar-refractivity contribution is -0.123. The highest BCUT2D eigenvalue weighted by Gasteiger charge is 2.36. The minimum absolute atomic E-state index is 0.133. The molecule has 0 radical (unpaired) electrons. The summed E-state index contributed by atoms with van der Waals surface area (Å²) >= 11 is 1.12. The number of amides is 2. The number of nitrogens with one attached hydrogen (secondary N) is 1. The molecule has 6 nitrogen and oxygen atoms in total. The maximum atomic E-state index is 13.9. The molecule has 0 bridgehead atoms. The van der Waals surface area contributed by atoms with Gasteiger partial charge >= 0.3 is 0 Å². The average Bonchev–Trinajstić information content (AvgIpc) is 3.57. The highest BCUT2D eigenvalue weighted by molar-refractivity contribution is 7.03. The third kappa shape index (κ3) is 4.36. The fourth-order valence-electron chi connectivity index (χ4n) is 4.57. The highest BCUT2D eigenvalue weighted by atomic mass is 32.1. The van der Waals surface area contributed by atoms with Gasteiger partial charge in [-0.2, -0.15) is 0 Å². The predicted octanol–water partition coefficient (Wildman–Crippen LogP) is 5.14. The van der Waals surface area contributed by atoms with Gasteiger partial charge in [0.05, 0.1) is 5.69 Å². The average molecular weight is 457 g/mol. The Bertz CT molecular complexity index is 1250. The quantitative estimate of drug-likeness (QED) is 0.436. The van der Waals surface area contributed by atoms with Crippen LogP contribution < -0.4 is 10.2 Å². The Hall–Kier alpha value is -3.58. The molecule has 1 N–H and O–H groups in total. The van der Waals surface area contributed by atoms with Gasteiger partial charge in [-0.15, -0.1) is 5.10 Å². The molecule has 4 aromatic rings. The van der Waals surface area contributed by atoms with Crippen LogP contribution in [0.1, 0.15) is 47.8 Å². The van der Waals surface area contributed by atoms with Crippen LogP contribution >= 0.6 is 11.5 Å². The Balaban J connectivity index is 1.67. The number of nitrogens with zero attached hydrogens (tertiary/aromatic N) is 3. The fourth-order valence-corrected chi connectivity index (χ4v) is 5.00. The van der Waals surface area contributed by atoms with Crippen LogP contribution in [0, 0.1) is 0 Å². The van der Waals surface area contributed by atoms with Crippen LogP contribution in [-0.4, -0.2) is 27.4 Å². The number of benzene rings is 3. The monoisotopic (exact) mass is 456 g/mol. The lowest BCUT2D eigenvalue weighted by atomic mass is 10.00. The molecule has 1 fully saturated rings. The first-order valence-electron chi connectivity index (χ1n) is 11.2. The molecule has 3 aromatic carbocycles. The summed E-state index contributed by atoms with van der Waals surface area (Å²) < 4.78 is 3.89. The zero-order chi connectivity index (χ0) is 22.6. The SMILES string of the molecule is O=C(NC1CCCC1)[C@H](c1ccccc1)N(C(=O)c1csnn1)c1cccc2ccccc12. The van der Waals surface area contributed by atoms with E-state index in [0.29, 0.717) is 5.69 Å². The van der Waals surface area contributed by atoms with E-state index in [1.54, 1.807) is 10.3 Å². The van der Waals surface area contributed by atoms with Crippen LogP contribution in [0.5, 0.6) is 0 Å². The first kappa shape index (κ1) is 21.3. The van der Waals surface area contributed by atoms with E-state index in [1.165, 1.54) is 0 Å². The van der Waals surface area contributed by atoms with E-state index in [0.717, 1.165) is 53.6 Å². The number of anilines is 1. The van der Waals surface area contributed by atoms with Crippen LogP contribution in [0.2, 0.25) is 0 Å². The van der Waals surface area contributed by atoms with E-state index in [1.807, 2.05) is 72.8 Å². The molecule has 1 heterocycles. The Morgan fingerprint density at radius 2 is 1.67 bits per heavy atom. The first-order valence-corrected chi connectivity index (χ1v) is 12.0. The van der Waals surface area contributed by atoms with Gasteiger partial charge in [0, 0.05) is 16.8 Å². The molecule has 1 aliphatic carbocycles. The second kappa shape index (κ2) is 9.50. The van der Waals surface area contributed by atoms with Crippen molar-refractivity contribution in [2.24, 2.45) is 0 Å². The summed E-state index contributed by atoms with van der Waals surface area (Å²) in [5.74, 6) is -0.534. The number of carbonyl (C=O) groups is 2. The minimum atomic E-state index is -0.841. The van der Waals surface area contributed by atoms with Gasteiger partial charge in [0.15, 0.2) is 5.69 Å². The summed E-state index contributed by atoms with van der Waals surface area (Å²) in [5.41, 5.74) is 1.64. The number of rotatable bonds is 6. The third-order valence-corrected chi connectivity index (χ3v) is 6.65. The van der Waals surface area contributed by atoms with Crippen molar-refractivity contribution >= 4 is 39.8 Å². The van der Waals surface area contributed by atoms with Crippen molar-refractivity contribution in [1.82, 2.24) is 14.9 Å². The molecule has 1 saturated carbocycles. The van der Waals surface area contributed by atoms with Gasteiger partial charge in [-0.3, -0.25) is 14.5 Å². The second-order valence-electron chi connectivity index (χ2n) is 8.27. The summed E-state index contributed by atoms with van der Waals surface area (Å²) in [4.78, 5) is 29.2. The first-order chi connectivity index (χ1) is 16.2. The van der Waals surface area contributed by atoms with Crippen molar-refractivity contribution in [1.29, 1.82) is 0 Å². The highest BCUT2D eigenvalue weighted by Crippen LogP contribution is 2.35. The van der Waals surface area contributed by atoms with E-state index in [-0.39, 0.29) is 23.6 Å². The summed E-state index contributed by atoms with van der Waals surface area (Å²) in [6.07, 6.45) is 4.14. The van der Waals surface area contributed by atoms with Gasteiger partial charge in [0.2, 0.25) is 5.91 Å². The van der Waals surface area contributed by atoms with Crippen molar-refractivity contribution in [3.05, 3.63) is 89.4 Å².